The summed E-state index contributed by atoms with van der Waals surface area (Å²) in [5, 5.41) is 10.5. The molecule has 4 rings (SSSR count). The third-order valence-electron chi connectivity index (χ3n) is 4.85. The molecule has 1 saturated heterocycles. The number of hydrogen-bond acceptors (Lipinski definition) is 3. The molecule has 1 aliphatic carbocycles. The van der Waals surface area contributed by atoms with Crippen LogP contribution in [0, 0.1) is 23.2 Å². The van der Waals surface area contributed by atoms with Gasteiger partial charge < -0.3 is 4.90 Å². The molecule has 0 bridgehead atoms. The molecule has 1 aromatic carbocycles. The summed E-state index contributed by atoms with van der Waals surface area (Å²) >= 11 is 0. The molecule has 2 heterocycles. The molecule has 2 fully saturated rings. The minimum absolute atomic E-state index is 0.712. The molecule has 100 valence electrons. The first-order valence-electron chi connectivity index (χ1n) is 7.40. The normalized spacial score (nSPS) is 24.9. The number of hydrogen-bond donors (Lipinski definition) is 0. The average molecular weight is 263 g/mol. The highest BCUT2D eigenvalue weighted by Crippen LogP contribution is 2.40. The van der Waals surface area contributed by atoms with E-state index in [1.54, 1.807) is 0 Å². The molecule has 2 aromatic rings. The van der Waals surface area contributed by atoms with Crippen LogP contribution in [-0.4, -0.2) is 18.1 Å². The minimum Gasteiger partial charge on any atom is -0.355 e. The predicted molar refractivity (Wildman–Crippen MR) is 79.5 cm³/mol. The fourth-order valence-corrected chi connectivity index (χ4v) is 3.84. The van der Waals surface area contributed by atoms with E-state index in [2.05, 4.69) is 11.0 Å². The van der Waals surface area contributed by atoms with Crippen LogP contribution in [0.3, 0.4) is 0 Å². The molecule has 1 aliphatic heterocycles. The van der Waals surface area contributed by atoms with Crippen molar-refractivity contribution >= 4 is 16.7 Å². The Morgan fingerprint density at radius 2 is 1.90 bits per heavy atom. The molecule has 2 aliphatic rings. The van der Waals surface area contributed by atoms with E-state index in [0.717, 1.165) is 41.6 Å². The lowest BCUT2D eigenvalue weighted by molar-refractivity contribution is 0.494. The van der Waals surface area contributed by atoms with E-state index in [1.807, 2.05) is 30.3 Å². The number of nitrogens with zero attached hydrogens (tertiary/aromatic N) is 3. The molecule has 2 atom stereocenters. The van der Waals surface area contributed by atoms with Gasteiger partial charge in [-0.25, -0.2) is 4.98 Å². The first-order valence-corrected chi connectivity index (χ1v) is 7.40. The number of nitriles is 1. The maximum Gasteiger partial charge on any atom is 0.147 e. The summed E-state index contributed by atoms with van der Waals surface area (Å²) in [7, 11) is 0. The molecule has 3 nitrogen and oxygen atoms in total. The molecule has 3 heteroatoms. The summed E-state index contributed by atoms with van der Waals surface area (Å²) in [6.07, 6.45) is 4.06. The van der Waals surface area contributed by atoms with Gasteiger partial charge >= 0.3 is 0 Å². The van der Waals surface area contributed by atoms with E-state index in [4.69, 9.17) is 4.98 Å². The average Bonchev–Trinajstić information content (AvgIpc) is 3.07. The molecule has 0 radical (unpaired) electrons. The van der Waals surface area contributed by atoms with Crippen LogP contribution < -0.4 is 4.90 Å². The molecule has 1 aromatic heterocycles. The summed E-state index contributed by atoms with van der Waals surface area (Å²) < 4.78 is 0. The Bertz CT molecular complexity index is 689. The molecule has 2 unspecified atom stereocenters. The second-order valence-corrected chi connectivity index (χ2v) is 6.02. The summed E-state index contributed by atoms with van der Waals surface area (Å²) in [6, 6.07) is 12.3. The molecular formula is C17H17N3. The second-order valence-electron chi connectivity index (χ2n) is 6.02. The fourth-order valence-electron chi connectivity index (χ4n) is 3.84. The Labute approximate surface area is 118 Å². The predicted octanol–water partition coefficient (Wildman–Crippen LogP) is 3.34. The Morgan fingerprint density at radius 3 is 2.65 bits per heavy atom. The third kappa shape index (κ3) is 1.76. The van der Waals surface area contributed by atoms with Gasteiger partial charge in [-0.3, -0.25) is 0 Å². The molecule has 0 N–H and O–H groups in total. The van der Waals surface area contributed by atoms with Crippen LogP contribution in [0.1, 0.15) is 24.8 Å². The third-order valence-corrected chi connectivity index (χ3v) is 4.85. The number of benzene rings is 1. The zero-order valence-corrected chi connectivity index (χ0v) is 11.4. The van der Waals surface area contributed by atoms with E-state index in [-0.39, 0.29) is 0 Å². The minimum atomic E-state index is 0.712. The smallest absolute Gasteiger partial charge is 0.147 e. The van der Waals surface area contributed by atoms with Crippen LogP contribution >= 0.6 is 0 Å². The summed E-state index contributed by atoms with van der Waals surface area (Å²) in [5.41, 5.74) is 1.70. The van der Waals surface area contributed by atoms with Gasteiger partial charge in [0, 0.05) is 18.5 Å². The quantitative estimate of drug-likeness (QED) is 0.792. The van der Waals surface area contributed by atoms with Crippen LogP contribution in [0.25, 0.3) is 10.9 Å². The Kier molecular flexibility index (Phi) is 2.63. The van der Waals surface area contributed by atoms with E-state index in [0.29, 0.717) is 5.56 Å². The Balaban J connectivity index is 1.77. The van der Waals surface area contributed by atoms with Gasteiger partial charge in [0.2, 0.25) is 0 Å². The number of anilines is 1. The molecule has 20 heavy (non-hydrogen) atoms. The molecule has 0 spiro atoms. The van der Waals surface area contributed by atoms with Crippen molar-refractivity contribution in [3.63, 3.8) is 0 Å². The van der Waals surface area contributed by atoms with Crippen molar-refractivity contribution in [3.8, 4) is 6.07 Å². The van der Waals surface area contributed by atoms with Gasteiger partial charge in [0.15, 0.2) is 0 Å². The zero-order valence-electron chi connectivity index (χ0n) is 11.4. The number of aromatic nitrogens is 1. The number of pyridine rings is 1. The zero-order chi connectivity index (χ0) is 13.5. The highest BCUT2D eigenvalue weighted by molar-refractivity contribution is 5.83. The van der Waals surface area contributed by atoms with E-state index >= 15 is 0 Å². The van der Waals surface area contributed by atoms with E-state index in [1.165, 1.54) is 19.3 Å². The van der Waals surface area contributed by atoms with Crippen LogP contribution in [0.15, 0.2) is 30.3 Å². The second kappa shape index (κ2) is 4.49. The Hall–Kier alpha value is -2.08. The summed E-state index contributed by atoms with van der Waals surface area (Å²) in [5.74, 6) is 2.52. The van der Waals surface area contributed by atoms with Crippen molar-refractivity contribution in [2.45, 2.75) is 19.3 Å². The van der Waals surface area contributed by atoms with Gasteiger partial charge in [-0.05, 0) is 36.8 Å². The molecule has 0 amide bonds. The van der Waals surface area contributed by atoms with Gasteiger partial charge in [-0.1, -0.05) is 24.6 Å². The van der Waals surface area contributed by atoms with Crippen LogP contribution in [0.4, 0.5) is 5.82 Å². The Morgan fingerprint density at radius 1 is 1.15 bits per heavy atom. The first kappa shape index (κ1) is 11.7. The van der Waals surface area contributed by atoms with Crippen molar-refractivity contribution < 1.29 is 0 Å². The van der Waals surface area contributed by atoms with Gasteiger partial charge in [-0.2, -0.15) is 5.26 Å². The van der Waals surface area contributed by atoms with Crippen molar-refractivity contribution in [2.24, 2.45) is 11.8 Å². The van der Waals surface area contributed by atoms with E-state index < -0.39 is 0 Å². The van der Waals surface area contributed by atoms with Gasteiger partial charge in [0.25, 0.3) is 0 Å². The summed E-state index contributed by atoms with van der Waals surface area (Å²) in [4.78, 5) is 7.09. The highest BCUT2D eigenvalue weighted by Gasteiger charge is 2.37. The van der Waals surface area contributed by atoms with Crippen molar-refractivity contribution in [2.75, 3.05) is 18.0 Å². The van der Waals surface area contributed by atoms with Crippen LogP contribution in [0.5, 0.6) is 0 Å². The SMILES string of the molecule is N#Cc1cc2ccccc2nc1N1CC2CCCC2C1. The highest BCUT2D eigenvalue weighted by atomic mass is 15.2. The van der Waals surface area contributed by atoms with Crippen molar-refractivity contribution in [1.82, 2.24) is 4.98 Å². The maximum absolute atomic E-state index is 9.42. The van der Waals surface area contributed by atoms with E-state index in [9.17, 15) is 5.26 Å². The topological polar surface area (TPSA) is 39.9 Å². The number of para-hydroxylation sites is 1. The number of rotatable bonds is 1. The number of fused-ring (bicyclic) bond motifs is 2. The standard InChI is InChI=1S/C17H17N3/c18-9-15-8-12-4-1-2-7-16(12)19-17(15)20-10-13-5-3-6-14(13)11-20/h1-2,4,7-8,13-14H,3,5-6,10-11H2. The lowest BCUT2D eigenvalue weighted by Gasteiger charge is -2.20. The lowest BCUT2D eigenvalue weighted by Crippen LogP contribution is -2.23. The van der Waals surface area contributed by atoms with Crippen LogP contribution in [0.2, 0.25) is 0 Å². The maximum atomic E-state index is 9.42. The first-order chi connectivity index (χ1) is 9.85. The van der Waals surface area contributed by atoms with Gasteiger partial charge in [-0.15, -0.1) is 0 Å². The largest absolute Gasteiger partial charge is 0.355 e. The lowest BCUT2D eigenvalue weighted by atomic mass is 10.0. The van der Waals surface area contributed by atoms with Gasteiger partial charge in [0.1, 0.15) is 11.9 Å². The molecule has 1 saturated carbocycles. The molecular weight excluding hydrogens is 246 g/mol. The fraction of sp³-hybridized carbons (Fsp3) is 0.412. The van der Waals surface area contributed by atoms with Gasteiger partial charge in [0.05, 0.1) is 11.1 Å². The van der Waals surface area contributed by atoms with Crippen molar-refractivity contribution in [1.29, 1.82) is 5.26 Å². The van der Waals surface area contributed by atoms with Crippen LogP contribution in [-0.2, 0) is 0 Å². The van der Waals surface area contributed by atoms with Crippen molar-refractivity contribution in [3.05, 3.63) is 35.9 Å². The monoisotopic (exact) mass is 263 g/mol. The summed E-state index contributed by atoms with van der Waals surface area (Å²) in [6.45, 7) is 2.15.